The first kappa shape index (κ1) is 17.9. The van der Waals surface area contributed by atoms with E-state index in [1.54, 1.807) is 20.8 Å². The standard InChI is InChI=1S/C20H22FNO2/c1-20(2,3)24-19(23)17(14-21)22-18(15-10-6-4-7-11-15)16-12-8-5-9-13-16/h4-13,17H,14H2,1-3H3/t17-/m0/s1. The number of benzene rings is 2. The second kappa shape index (κ2) is 7.86. The largest absolute Gasteiger partial charge is 0.458 e. The molecule has 0 spiro atoms. The van der Waals surface area contributed by atoms with Gasteiger partial charge in [-0.05, 0) is 20.8 Å². The summed E-state index contributed by atoms with van der Waals surface area (Å²) in [5.41, 5.74) is 1.54. The van der Waals surface area contributed by atoms with Crippen LogP contribution in [0.4, 0.5) is 4.39 Å². The van der Waals surface area contributed by atoms with E-state index in [0.29, 0.717) is 5.71 Å². The number of esters is 1. The van der Waals surface area contributed by atoms with Gasteiger partial charge in [-0.2, -0.15) is 0 Å². The van der Waals surface area contributed by atoms with Gasteiger partial charge in [-0.15, -0.1) is 0 Å². The third-order valence-corrected chi connectivity index (χ3v) is 3.20. The van der Waals surface area contributed by atoms with Gasteiger partial charge in [0, 0.05) is 11.1 Å². The van der Waals surface area contributed by atoms with Gasteiger partial charge in [0.1, 0.15) is 12.3 Å². The second-order valence-corrected chi connectivity index (χ2v) is 6.41. The molecule has 0 amide bonds. The Hall–Kier alpha value is -2.49. The predicted molar refractivity (Wildman–Crippen MR) is 94.1 cm³/mol. The Morgan fingerprint density at radius 3 is 1.83 bits per heavy atom. The topological polar surface area (TPSA) is 38.7 Å². The highest BCUT2D eigenvalue weighted by molar-refractivity contribution is 6.13. The van der Waals surface area contributed by atoms with Crippen LogP contribution in [0.25, 0.3) is 0 Å². The van der Waals surface area contributed by atoms with Crippen LogP contribution in [0.15, 0.2) is 65.7 Å². The van der Waals surface area contributed by atoms with Crippen molar-refractivity contribution in [1.29, 1.82) is 0 Å². The van der Waals surface area contributed by atoms with Gasteiger partial charge in [0.25, 0.3) is 0 Å². The minimum absolute atomic E-state index is 0.574. The van der Waals surface area contributed by atoms with Crippen molar-refractivity contribution in [3.05, 3.63) is 71.8 Å². The highest BCUT2D eigenvalue weighted by atomic mass is 19.1. The first-order valence-electron chi connectivity index (χ1n) is 7.88. The number of carbonyl (C=O) groups is 1. The summed E-state index contributed by atoms with van der Waals surface area (Å²) < 4.78 is 18.7. The molecular weight excluding hydrogens is 305 g/mol. The molecule has 1 atom stereocenters. The molecule has 0 aliphatic carbocycles. The number of hydrogen-bond acceptors (Lipinski definition) is 3. The Balaban J connectivity index is 2.42. The summed E-state index contributed by atoms with van der Waals surface area (Å²) in [6.45, 7) is 4.34. The van der Waals surface area contributed by atoms with Crippen molar-refractivity contribution in [2.24, 2.45) is 4.99 Å². The molecule has 0 heterocycles. The van der Waals surface area contributed by atoms with Gasteiger partial charge in [-0.3, -0.25) is 4.99 Å². The molecule has 0 aromatic heterocycles. The first-order chi connectivity index (χ1) is 11.4. The van der Waals surface area contributed by atoms with Crippen molar-refractivity contribution >= 4 is 11.7 Å². The minimum Gasteiger partial charge on any atom is -0.458 e. The number of hydrogen-bond donors (Lipinski definition) is 0. The molecule has 0 fully saturated rings. The van der Waals surface area contributed by atoms with Gasteiger partial charge >= 0.3 is 5.97 Å². The predicted octanol–water partition coefficient (Wildman–Crippen LogP) is 4.20. The van der Waals surface area contributed by atoms with Crippen molar-refractivity contribution in [1.82, 2.24) is 0 Å². The van der Waals surface area contributed by atoms with Gasteiger partial charge in [-0.1, -0.05) is 60.7 Å². The van der Waals surface area contributed by atoms with Gasteiger partial charge in [0.2, 0.25) is 0 Å². The summed E-state index contributed by atoms with van der Waals surface area (Å²) in [5.74, 6) is -0.658. The van der Waals surface area contributed by atoms with E-state index in [2.05, 4.69) is 4.99 Å². The normalized spacial score (nSPS) is 12.3. The number of carbonyl (C=O) groups excluding carboxylic acids is 1. The van der Waals surface area contributed by atoms with Gasteiger partial charge in [0.15, 0.2) is 6.04 Å². The number of alkyl halides is 1. The van der Waals surface area contributed by atoms with Crippen LogP contribution in [0.5, 0.6) is 0 Å². The fourth-order valence-corrected chi connectivity index (χ4v) is 2.18. The molecule has 0 saturated heterocycles. The molecule has 0 aliphatic heterocycles. The maximum absolute atomic E-state index is 13.5. The molecule has 2 rings (SSSR count). The molecule has 4 heteroatoms. The zero-order chi connectivity index (χ0) is 17.6. The van der Waals surface area contributed by atoms with E-state index in [9.17, 15) is 9.18 Å². The van der Waals surface area contributed by atoms with Crippen LogP contribution in [0.3, 0.4) is 0 Å². The fourth-order valence-electron chi connectivity index (χ4n) is 2.18. The van der Waals surface area contributed by atoms with Crippen molar-refractivity contribution in [3.8, 4) is 0 Å². The van der Waals surface area contributed by atoms with E-state index < -0.39 is 24.3 Å². The van der Waals surface area contributed by atoms with E-state index in [1.807, 2.05) is 60.7 Å². The summed E-state index contributed by atoms with van der Waals surface area (Å²) in [7, 11) is 0. The Morgan fingerprint density at radius 1 is 1.00 bits per heavy atom. The van der Waals surface area contributed by atoms with E-state index in [-0.39, 0.29) is 0 Å². The molecule has 2 aromatic rings. The van der Waals surface area contributed by atoms with Crippen molar-refractivity contribution in [2.45, 2.75) is 32.4 Å². The molecule has 0 unspecified atom stereocenters. The highest BCUT2D eigenvalue weighted by Crippen LogP contribution is 2.15. The minimum atomic E-state index is -1.18. The summed E-state index contributed by atoms with van der Waals surface area (Å²) in [6, 6.07) is 17.7. The maximum atomic E-state index is 13.5. The van der Waals surface area contributed by atoms with Crippen LogP contribution in [0.1, 0.15) is 31.9 Å². The molecule has 126 valence electrons. The maximum Gasteiger partial charge on any atom is 0.334 e. The summed E-state index contributed by atoms with van der Waals surface area (Å²) in [6.07, 6.45) is 0. The number of halogens is 1. The summed E-state index contributed by atoms with van der Waals surface area (Å²) in [4.78, 5) is 16.6. The lowest BCUT2D eigenvalue weighted by Gasteiger charge is -2.22. The number of nitrogens with zero attached hydrogens (tertiary/aromatic N) is 1. The fraction of sp³-hybridized carbons (Fsp3) is 0.300. The zero-order valence-electron chi connectivity index (χ0n) is 14.2. The van der Waals surface area contributed by atoms with Crippen molar-refractivity contribution in [2.75, 3.05) is 6.67 Å². The molecule has 24 heavy (non-hydrogen) atoms. The molecule has 0 aliphatic rings. The van der Waals surface area contributed by atoms with Crippen LogP contribution in [-0.4, -0.2) is 30.0 Å². The molecule has 0 bridgehead atoms. The monoisotopic (exact) mass is 327 g/mol. The van der Waals surface area contributed by atoms with Crippen molar-refractivity contribution < 1.29 is 13.9 Å². The third kappa shape index (κ3) is 5.01. The van der Waals surface area contributed by atoms with Gasteiger partial charge in [-0.25, -0.2) is 9.18 Å². The van der Waals surface area contributed by atoms with Crippen LogP contribution >= 0.6 is 0 Å². The van der Waals surface area contributed by atoms with Crippen LogP contribution in [-0.2, 0) is 9.53 Å². The number of rotatable bonds is 5. The zero-order valence-corrected chi connectivity index (χ0v) is 14.2. The van der Waals surface area contributed by atoms with E-state index in [1.165, 1.54) is 0 Å². The molecule has 0 N–H and O–H groups in total. The Morgan fingerprint density at radius 2 is 1.46 bits per heavy atom. The van der Waals surface area contributed by atoms with E-state index >= 15 is 0 Å². The van der Waals surface area contributed by atoms with Crippen LogP contribution < -0.4 is 0 Å². The Kier molecular flexibility index (Phi) is 5.85. The van der Waals surface area contributed by atoms with Crippen LogP contribution in [0.2, 0.25) is 0 Å². The van der Waals surface area contributed by atoms with E-state index in [0.717, 1.165) is 11.1 Å². The van der Waals surface area contributed by atoms with Gasteiger partial charge < -0.3 is 4.74 Å². The Labute approximate surface area is 142 Å². The average molecular weight is 327 g/mol. The first-order valence-corrected chi connectivity index (χ1v) is 7.88. The van der Waals surface area contributed by atoms with Crippen molar-refractivity contribution in [3.63, 3.8) is 0 Å². The third-order valence-electron chi connectivity index (χ3n) is 3.20. The number of ether oxygens (including phenoxy) is 1. The molecule has 3 nitrogen and oxygen atoms in total. The Bertz CT molecular complexity index is 649. The number of aliphatic imine (C=N–C) groups is 1. The lowest BCUT2D eigenvalue weighted by Crippen LogP contribution is -2.32. The quantitative estimate of drug-likeness (QED) is 0.610. The second-order valence-electron chi connectivity index (χ2n) is 6.41. The lowest BCUT2D eigenvalue weighted by molar-refractivity contribution is -0.156. The highest BCUT2D eigenvalue weighted by Gasteiger charge is 2.25. The molecular formula is C20H22FNO2. The molecule has 2 aromatic carbocycles. The van der Waals surface area contributed by atoms with E-state index in [4.69, 9.17) is 4.74 Å². The summed E-state index contributed by atoms with van der Waals surface area (Å²) in [5, 5.41) is 0. The SMILES string of the molecule is CC(C)(C)OC(=O)[C@H](CF)N=C(c1ccccc1)c1ccccc1. The molecule has 0 saturated carbocycles. The average Bonchev–Trinajstić information content (AvgIpc) is 2.56. The molecule has 0 radical (unpaired) electrons. The smallest absolute Gasteiger partial charge is 0.334 e. The van der Waals surface area contributed by atoms with Crippen LogP contribution in [0, 0.1) is 0 Å². The summed E-state index contributed by atoms with van der Waals surface area (Å²) >= 11 is 0. The van der Waals surface area contributed by atoms with Gasteiger partial charge in [0.05, 0.1) is 5.71 Å². The lowest BCUT2D eigenvalue weighted by atomic mass is 10.0.